The van der Waals surface area contributed by atoms with Gasteiger partial charge in [-0.05, 0) is 60.6 Å². The van der Waals surface area contributed by atoms with Crippen molar-refractivity contribution in [3.8, 4) is 5.75 Å². The summed E-state index contributed by atoms with van der Waals surface area (Å²) in [5.74, 6) is 0.624. The van der Waals surface area contributed by atoms with Gasteiger partial charge in [0.2, 0.25) is 0 Å². The lowest BCUT2D eigenvalue weighted by Crippen LogP contribution is -2.38. The molecule has 2 aliphatic rings. The Labute approximate surface area is 165 Å². The summed E-state index contributed by atoms with van der Waals surface area (Å²) in [5.41, 5.74) is 1.11. The molecule has 1 spiro atoms. The van der Waals surface area contributed by atoms with Crippen molar-refractivity contribution in [2.24, 2.45) is 16.5 Å². The number of nitrogens with one attached hydrogen (secondary N) is 1. The Bertz CT molecular complexity index is 935. The average Bonchev–Trinajstić information content (AvgIpc) is 3.05. The highest BCUT2D eigenvalue weighted by molar-refractivity contribution is 6.43. The van der Waals surface area contributed by atoms with Crippen LogP contribution in [0.1, 0.15) is 52.9 Å². The van der Waals surface area contributed by atoms with Crippen molar-refractivity contribution < 1.29 is 14.7 Å². The van der Waals surface area contributed by atoms with Gasteiger partial charge in [-0.2, -0.15) is 0 Å². The number of anilines is 1. The molecule has 0 atom stereocenters. The summed E-state index contributed by atoms with van der Waals surface area (Å²) >= 11 is 0. The SMILES string of the molecule is CC(C)(C)C1CCC2(CC1)CC(C(=O)Nc1cccc3ccc(O)cc13)=NO2. The predicted octanol–water partition coefficient (Wildman–Crippen LogP) is 5.24. The number of phenolic OH excluding ortho intramolecular Hbond substituents is 1. The van der Waals surface area contributed by atoms with Crippen LogP contribution in [0, 0.1) is 11.3 Å². The summed E-state index contributed by atoms with van der Waals surface area (Å²) in [6.07, 6.45) is 4.66. The normalized spacial score (nSPS) is 24.8. The highest BCUT2D eigenvalue weighted by Gasteiger charge is 2.45. The third-order valence-electron chi connectivity index (χ3n) is 6.34. The molecule has 1 heterocycles. The van der Waals surface area contributed by atoms with E-state index in [-0.39, 0.29) is 17.3 Å². The van der Waals surface area contributed by atoms with Gasteiger partial charge >= 0.3 is 0 Å². The molecule has 1 amide bonds. The van der Waals surface area contributed by atoms with Crippen LogP contribution < -0.4 is 5.32 Å². The van der Waals surface area contributed by atoms with Crippen molar-refractivity contribution in [1.82, 2.24) is 0 Å². The molecular formula is C23H28N2O3. The maximum atomic E-state index is 12.8. The molecule has 2 aromatic carbocycles. The van der Waals surface area contributed by atoms with Gasteiger partial charge in [0.25, 0.3) is 5.91 Å². The first kappa shape index (κ1) is 18.8. The standard InChI is InChI=1S/C23H28N2O3/c1-22(2,3)16-9-11-23(12-10-16)14-20(25-28-23)21(27)24-19-6-4-5-15-7-8-17(26)13-18(15)19/h4-8,13,16,26H,9-12,14H2,1-3H3,(H,24,27). The van der Waals surface area contributed by atoms with E-state index in [0.29, 0.717) is 29.2 Å². The number of hydrogen-bond donors (Lipinski definition) is 2. The zero-order valence-corrected chi connectivity index (χ0v) is 16.8. The summed E-state index contributed by atoms with van der Waals surface area (Å²) in [6, 6.07) is 10.8. The molecule has 0 unspecified atom stereocenters. The van der Waals surface area contributed by atoms with Crippen molar-refractivity contribution in [2.45, 2.75) is 58.5 Å². The third kappa shape index (κ3) is 3.58. The summed E-state index contributed by atoms with van der Waals surface area (Å²) in [7, 11) is 0. The topological polar surface area (TPSA) is 70.9 Å². The minimum Gasteiger partial charge on any atom is -0.508 e. The largest absolute Gasteiger partial charge is 0.508 e. The van der Waals surface area contributed by atoms with E-state index >= 15 is 0 Å². The lowest BCUT2D eigenvalue weighted by atomic mass is 9.67. The monoisotopic (exact) mass is 380 g/mol. The first-order valence-corrected chi connectivity index (χ1v) is 10.0. The second kappa shape index (κ2) is 6.80. The highest BCUT2D eigenvalue weighted by atomic mass is 16.7. The van der Waals surface area contributed by atoms with Gasteiger partial charge in [0.1, 0.15) is 17.1 Å². The molecule has 1 saturated carbocycles. The van der Waals surface area contributed by atoms with E-state index in [1.165, 1.54) is 0 Å². The zero-order chi connectivity index (χ0) is 19.9. The van der Waals surface area contributed by atoms with Gasteiger partial charge in [-0.3, -0.25) is 4.79 Å². The van der Waals surface area contributed by atoms with Crippen LogP contribution >= 0.6 is 0 Å². The van der Waals surface area contributed by atoms with Gasteiger partial charge in [0.15, 0.2) is 0 Å². The fraction of sp³-hybridized carbons (Fsp3) is 0.478. The molecule has 148 valence electrons. The number of hydrogen-bond acceptors (Lipinski definition) is 4. The molecule has 2 N–H and O–H groups in total. The van der Waals surface area contributed by atoms with E-state index < -0.39 is 0 Å². The van der Waals surface area contributed by atoms with Gasteiger partial charge in [-0.15, -0.1) is 0 Å². The Morgan fingerprint density at radius 3 is 2.68 bits per heavy atom. The Morgan fingerprint density at radius 1 is 1.21 bits per heavy atom. The van der Waals surface area contributed by atoms with Gasteiger partial charge in [0, 0.05) is 17.5 Å². The van der Waals surface area contributed by atoms with Crippen molar-refractivity contribution in [3.63, 3.8) is 0 Å². The summed E-state index contributed by atoms with van der Waals surface area (Å²) in [6.45, 7) is 6.88. The van der Waals surface area contributed by atoms with E-state index in [2.05, 4.69) is 31.2 Å². The number of amides is 1. The van der Waals surface area contributed by atoms with Gasteiger partial charge in [-0.1, -0.05) is 44.1 Å². The summed E-state index contributed by atoms with van der Waals surface area (Å²) in [4.78, 5) is 18.6. The quantitative estimate of drug-likeness (QED) is 0.749. The van der Waals surface area contributed by atoms with E-state index in [9.17, 15) is 9.90 Å². The molecule has 5 nitrogen and oxygen atoms in total. The summed E-state index contributed by atoms with van der Waals surface area (Å²) < 4.78 is 0. The Balaban J connectivity index is 1.44. The summed E-state index contributed by atoms with van der Waals surface area (Å²) in [5, 5.41) is 18.6. The molecule has 5 heteroatoms. The first-order chi connectivity index (χ1) is 13.3. The van der Waals surface area contributed by atoms with Crippen LogP contribution in [0.25, 0.3) is 10.8 Å². The molecule has 1 aliphatic heterocycles. The Hall–Kier alpha value is -2.56. The van der Waals surface area contributed by atoms with Crippen LogP contribution in [0.2, 0.25) is 0 Å². The molecule has 0 aromatic heterocycles. The predicted molar refractivity (Wildman–Crippen MR) is 112 cm³/mol. The molecule has 1 aliphatic carbocycles. The van der Waals surface area contributed by atoms with E-state index in [0.717, 1.165) is 36.5 Å². The van der Waals surface area contributed by atoms with Gasteiger partial charge < -0.3 is 15.3 Å². The van der Waals surface area contributed by atoms with E-state index in [1.807, 2.05) is 24.3 Å². The van der Waals surface area contributed by atoms with Crippen LogP contribution in [-0.4, -0.2) is 22.3 Å². The lowest BCUT2D eigenvalue weighted by Gasteiger charge is -2.40. The number of carbonyl (C=O) groups excluding carboxylic acids is 1. The van der Waals surface area contributed by atoms with Crippen molar-refractivity contribution in [1.29, 1.82) is 0 Å². The number of carbonyl (C=O) groups is 1. The fourth-order valence-electron chi connectivity index (χ4n) is 4.49. The minimum atomic E-state index is -0.314. The molecule has 2 aromatic rings. The lowest BCUT2D eigenvalue weighted by molar-refractivity contribution is -0.110. The zero-order valence-electron chi connectivity index (χ0n) is 16.8. The van der Waals surface area contributed by atoms with Crippen molar-refractivity contribution >= 4 is 28.1 Å². The molecule has 28 heavy (non-hydrogen) atoms. The smallest absolute Gasteiger partial charge is 0.273 e. The number of aromatic hydroxyl groups is 1. The second-order valence-corrected chi connectivity index (χ2v) is 9.29. The van der Waals surface area contributed by atoms with E-state index in [1.54, 1.807) is 12.1 Å². The molecule has 0 radical (unpaired) electrons. The highest BCUT2D eigenvalue weighted by Crippen LogP contribution is 2.46. The van der Waals surface area contributed by atoms with E-state index in [4.69, 9.17) is 4.84 Å². The number of rotatable bonds is 2. The van der Waals surface area contributed by atoms with Crippen LogP contribution in [0.4, 0.5) is 5.69 Å². The number of phenols is 1. The van der Waals surface area contributed by atoms with Crippen LogP contribution in [-0.2, 0) is 9.63 Å². The van der Waals surface area contributed by atoms with Crippen LogP contribution in [0.3, 0.4) is 0 Å². The fourth-order valence-corrected chi connectivity index (χ4v) is 4.49. The minimum absolute atomic E-state index is 0.172. The maximum absolute atomic E-state index is 12.8. The van der Waals surface area contributed by atoms with Gasteiger partial charge in [-0.25, -0.2) is 0 Å². The Morgan fingerprint density at radius 2 is 1.96 bits per heavy atom. The average molecular weight is 380 g/mol. The number of fused-ring (bicyclic) bond motifs is 1. The van der Waals surface area contributed by atoms with Crippen molar-refractivity contribution in [2.75, 3.05) is 5.32 Å². The van der Waals surface area contributed by atoms with Crippen LogP contribution in [0.15, 0.2) is 41.6 Å². The number of nitrogens with zero attached hydrogens (tertiary/aromatic N) is 1. The molecular weight excluding hydrogens is 352 g/mol. The second-order valence-electron chi connectivity index (χ2n) is 9.29. The third-order valence-corrected chi connectivity index (χ3v) is 6.34. The molecule has 1 fully saturated rings. The molecule has 0 saturated heterocycles. The van der Waals surface area contributed by atoms with Crippen molar-refractivity contribution in [3.05, 3.63) is 36.4 Å². The number of oxime groups is 1. The molecule has 4 rings (SSSR count). The first-order valence-electron chi connectivity index (χ1n) is 10.0. The number of benzene rings is 2. The van der Waals surface area contributed by atoms with Gasteiger partial charge in [0.05, 0.1) is 0 Å². The molecule has 0 bridgehead atoms. The maximum Gasteiger partial charge on any atom is 0.273 e. The Kier molecular flexibility index (Phi) is 4.56. The van der Waals surface area contributed by atoms with Crippen LogP contribution in [0.5, 0.6) is 5.75 Å².